The molecule has 0 saturated carbocycles. The van der Waals surface area contributed by atoms with Gasteiger partial charge in [0.05, 0.1) is 19.0 Å². The summed E-state index contributed by atoms with van der Waals surface area (Å²) in [5.74, 6) is 1.16. The van der Waals surface area contributed by atoms with Gasteiger partial charge in [-0.1, -0.05) is 31.2 Å². The molecule has 3 rings (SSSR count). The van der Waals surface area contributed by atoms with Crippen LogP contribution in [0.4, 0.5) is 17.2 Å². The van der Waals surface area contributed by atoms with Crippen LogP contribution >= 0.6 is 0 Å². The van der Waals surface area contributed by atoms with Gasteiger partial charge in [0.1, 0.15) is 11.6 Å². The molecule has 5 nitrogen and oxygen atoms in total. The largest absolute Gasteiger partial charge is 0.497 e. The van der Waals surface area contributed by atoms with Gasteiger partial charge in [0, 0.05) is 11.3 Å². The van der Waals surface area contributed by atoms with E-state index in [2.05, 4.69) is 28.6 Å². The molecule has 0 bridgehead atoms. The van der Waals surface area contributed by atoms with Crippen molar-refractivity contribution in [2.45, 2.75) is 13.3 Å². The number of rotatable bonds is 6. The van der Waals surface area contributed by atoms with Crippen LogP contribution in [0, 0.1) is 0 Å². The van der Waals surface area contributed by atoms with Gasteiger partial charge in [0.15, 0.2) is 0 Å². The fourth-order valence-electron chi connectivity index (χ4n) is 2.60. The molecule has 1 heterocycles. The van der Waals surface area contributed by atoms with Crippen LogP contribution in [-0.4, -0.2) is 18.0 Å². The number of amides is 1. The first-order chi connectivity index (χ1) is 12.7. The zero-order valence-electron chi connectivity index (χ0n) is 14.8. The van der Waals surface area contributed by atoms with Gasteiger partial charge < -0.3 is 15.4 Å². The van der Waals surface area contributed by atoms with E-state index < -0.39 is 0 Å². The second-order valence-corrected chi connectivity index (χ2v) is 5.75. The predicted octanol–water partition coefficient (Wildman–Crippen LogP) is 4.65. The third-order valence-corrected chi connectivity index (χ3v) is 4.01. The van der Waals surface area contributed by atoms with Crippen molar-refractivity contribution in [3.63, 3.8) is 0 Å². The highest BCUT2D eigenvalue weighted by Crippen LogP contribution is 2.21. The lowest BCUT2D eigenvalue weighted by Crippen LogP contribution is -2.12. The molecule has 0 aliphatic rings. The lowest BCUT2D eigenvalue weighted by molar-refractivity contribution is 0.102. The van der Waals surface area contributed by atoms with Crippen molar-refractivity contribution in [2.75, 3.05) is 17.7 Å². The van der Waals surface area contributed by atoms with Crippen LogP contribution in [0.3, 0.4) is 0 Å². The first kappa shape index (κ1) is 17.5. The summed E-state index contributed by atoms with van der Waals surface area (Å²) < 4.78 is 5.15. The predicted molar refractivity (Wildman–Crippen MR) is 104 cm³/mol. The third kappa shape index (κ3) is 4.19. The molecule has 26 heavy (non-hydrogen) atoms. The van der Waals surface area contributed by atoms with Crippen molar-refractivity contribution in [3.05, 3.63) is 78.0 Å². The number of anilines is 3. The molecule has 0 radical (unpaired) electrons. The molecule has 0 spiro atoms. The minimum Gasteiger partial charge on any atom is -0.497 e. The molecule has 0 fully saturated rings. The van der Waals surface area contributed by atoms with Crippen molar-refractivity contribution in [2.24, 2.45) is 0 Å². The molecular weight excluding hydrogens is 326 g/mol. The Balaban J connectivity index is 1.68. The maximum atomic E-state index is 12.3. The van der Waals surface area contributed by atoms with E-state index in [-0.39, 0.29) is 5.91 Å². The number of carbonyl (C=O) groups excluding carboxylic acids is 1. The minimum absolute atomic E-state index is 0.206. The van der Waals surface area contributed by atoms with Gasteiger partial charge in [-0.3, -0.25) is 4.79 Å². The first-order valence-corrected chi connectivity index (χ1v) is 8.46. The molecule has 1 aromatic heterocycles. The maximum Gasteiger partial charge on any atom is 0.255 e. The number of hydrogen-bond acceptors (Lipinski definition) is 4. The number of methoxy groups -OCH3 is 1. The number of nitrogens with zero attached hydrogens (tertiary/aromatic N) is 1. The standard InChI is InChI=1S/C21H21N3O2/c1-3-15-7-4-5-10-19(15)24-20-12-11-17(14-22-20)23-21(25)16-8-6-9-18(13-16)26-2/h4-14H,3H2,1-2H3,(H,22,24)(H,23,25). The number of ether oxygens (including phenoxy) is 1. The Morgan fingerprint density at radius 3 is 2.65 bits per heavy atom. The SMILES string of the molecule is CCc1ccccc1Nc1ccc(NC(=O)c2cccc(OC)c2)cn1. The minimum atomic E-state index is -0.206. The van der Waals surface area contributed by atoms with Crippen molar-refractivity contribution in [1.82, 2.24) is 4.98 Å². The summed E-state index contributed by atoms with van der Waals surface area (Å²) in [5, 5.41) is 6.15. The average Bonchev–Trinajstić information content (AvgIpc) is 2.70. The monoisotopic (exact) mass is 347 g/mol. The number of hydrogen-bond donors (Lipinski definition) is 2. The van der Waals surface area contributed by atoms with Gasteiger partial charge in [-0.2, -0.15) is 0 Å². The zero-order chi connectivity index (χ0) is 18.4. The van der Waals surface area contributed by atoms with E-state index in [0.29, 0.717) is 17.0 Å². The van der Waals surface area contributed by atoms with Crippen LogP contribution in [0.2, 0.25) is 0 Å². The summed E-state index contributed by atoms with van der Waals surface area (Å²) in [6.45, 7) is 2.12. The van der Waals surface area contributed by atoms with Gasteiger partial charge in [0.25, 0.3) is 5.91 Å². The summed E-state index contributed by atoms with van der Waals surface area (Å²) >= 11 is 0. The number of carbonyl (C=O) groups is 1. The van der Waals surface area contributed by atoms with Crippen LogP contribution in [0.1, 0.15) is 22.8 Å². The molecule has 0 aliphatic carbocycles. The van der Waals surface area contributed by atoms with Crippen molar-refractivity contribution >= 4 is 23.1 Å². The molecule has 2 N–H and O–H groups in total. The summed E-state index contributed by atoms with van der Waals surface area (Å²) in [4.78, 5) is 16.7. The second-order valence-electron chi connectivity index (χ2n) is 5.75. The molecular formula is C21H21N3O2. The fourth-order valence-corrected chi connectivity index (χ4v) is 2.60. The van der Waals surface area contributed by atoms with E-state index in [9.17, 15) is 4.79 Å². The van der Waals surface area contributed by atoms with E-state index in [0.717, 1.165) is 17.9 Å². The van der Waals surface area contributed by atoms with Crippen LogP contribution in [0.15, 0.2) is 66.9 Å². The van der Waals surface area contributed by atoms with Crippen molar-refractivity contribution < 1.29 is 9.53 Å². The maximum absolute atomic E-state index is 12.3. The third-order valence-electron chi connectivity index (χ3n) is 4.01. The van der Waals surface area contributed by atoms with Crippen LogP contribution in [-0.2, 0) is 6.42 Å². The Morgan fingerprint density at radius 2 is 1.92 bits per heavy atom. The Morgan fingerprint density at radius 1 is 1.08 bits per heavy atom. The van der Waals surface area contributed by atoms with Gasteiger partial charge in [-0.05, 0) is 48.4 Å². The van der Waals surface area contributed by atoms with Crippen molar-refractivity contribution in [1.29, 1.82) is 0 Å². The van der Waals surface area contributed by atoms with Crippen LogP contribution in [0.25, 0.3) is 0 Å². The molecule has 0 atom stereocenters. The van der Waals surface area contributed by atoms with Crippen molar-refractivity contribution in [3.8, 4) is 5.75 Å². The van der Waals surface area contributed by atoms with E-state index in [4.69, 9.17) is 4.74 Å². The van der Waals surface area contributed by atoms with Gasteiger partial charge in [-0.25, -0.2) is 4.98 Å². The number of benzene rings is 2. The van der Waals surface area contributed by atoms with Gasteiger partial charge in [-0.15, -0.1) is 0 Å². The van der Waals surface area contributed by atoms with E-state index >= 15 is 0 Å². The Hall–Kier alpha value is -3.34. The summed E-state index contributed by atoms with van der Waals surface area (Å²) in [6.07, 6.45) is 2.58. The molecule has 0 saturated heterocycles. The molecule has 3 aromatic rings. The highest BCUT2D eigenvalue weighted by Gasteiger charge is 2.08. The number of nitrogens with one attached hydrogen (secondary N) is 2. The topological polar surface area (TPSA) is 63.2 Å². The van der Waals surface area contributed by atoms with Gasteiger partial charge in [0.2, 0.25) is 0 Å². The lowest BCUT2D eigenvalue weighted by atomic mass is 10.1. The van der Waals surface area contributed by atoms with Crippen LogP contribution in [0.5, 0.6) is 5.75 Å². The van der Waals surface area contributed by atoms with Gasteiger partial charge >= 0.3 is 0 Å². The smallest absolute Gasteiger partial charge is 0.255 e. The van der Waals surface area contributed by atoms with E-state index in [1.165, 1.54) is 5.56 Å². The average molecular weight is 347 g/mol. The van der Waals surface area contributed by atoms with Crippen LogP contribution < -0.4 is 15.4 Å². The molecule has 132 valence electrons. The lowest BCUT2D eigenvalue weighted by Gasteiger charge is -2.11. The van der Waals surface area contributed by atoms with E-state index in [1.54, 1.807) is 37.6 Å². The molecule has 1 amide bonds. The summed E-state index contributed by atoms with van der Waals surface area (Å²) in [5.41, 5.74) is 3.43. The Labute approximate surface area is 153 Å². The second kappa shape index (κ2) is 8.16. The Bertz CT molecular complexity index is 892. The molecule has 0 unspecified atom stereocenters. The first-order valence-electron chi connectivity index (χ1n) is 8.46. The highest BCUT2D eigenvalue weighted by molar-refractivity contribution is 6.04. The normalized spacial score (nSPS) is 10.2. The summed E-state index contributed by atoms with van der Waals surface area (Å²) in [6, 6.07) is 18.8. The number of aromatic nitrogens is 1. The Kier molecular flexibility index (Phi) is 5.49. The molecule has 5 heteroatoms. The number of para-hydroxylation sites is 1. The number of pyridine rings is 1. The fraction of sp³-hybridized carbons (Fsp3) is 0.143. The highest BCUT2D eigenvalue weighted by atomic mass is 16.5. The van der Waals surface area contributed by atoms with E-state index in [1.807, 2.05) is 30.3 Å². The number of aryl methyl sites for hydroxylation is 1. The zero-order valence-corrected chi connectivity index (χ0v) is 14.8. The summed E-state index contributed by atoms with van der Waals surface area (Å²) in [7, 11) is 1.57. The molecule has 2 aromatic carbocycles. The quantitative estimate of drug-likeness (QED) is 0.681. The molecule has 0 aliphatic heterocycles.